The predicted molar refractivity (Wildman–Crippen MR) is 79.8 cm³/mol. The molecule has 0 aromatic carbocycles. The van der Waals surface area contributed by atoms with Gasteiger partial charge < -0.3 is 16.4 Å². The largest absolute Gasteiger partial charge is 0.397 e. The minimum Gasteiger partial charge on any atom is -0.397 e. The molecule has 106 valence electrons. The molecule has 2 rings (SSSR count). The van der Waals surface area contributed by atoms with E-state index in [9.17, 15) is 9.59 Å². The smallest absolute Gasteiger partial charge is 0.264 e. The third kappa shape index (κ3) is 2.57. The van der Waals surface area contributed by atoms with E-state index in [-0.39, 0.29) is 11.8 Å². The summed E-state index contributed by atoms with van der Waals surface area (Å²) in [5, 5.41) is 5.85. The lowest BCUT2D eigenvalue weighted by molar-refractivity contribution is -0.122. The van der Waals surface area contributed by atoms with Crippen LogP contribution in [0.2, 0.25) is 0 Å². The average Bonchev–Trinajstić information content (AvgIpc) is 2.74. The van der Waals surface area contributed by atoms with Gasteiger partial charge in [0.25, 0.3) is 5.91 Å². The zero-order valence-corrected chi connectivity index (χ0v) is 12.3. The molecule has 1 atom stereocenters. The fraction of sp³-hybridized carbons (Fsp3) is 0.308. The van der Waals surface area contributed by atoms with Gasteiger partial charge in [-0.2, -0.15) is 0 Å². The Morgan fingerprint density at radius 3 is 2.75 bits per heavy atom. The Bertz CT molecular complexity index is 680. The highest BCUT2D eigenvalue weighted by Crippen LogP contribution is 2.32. The Hall–Kier alpha value is -2.15. The van der Waals surface area contributed by atoms with Crippen LogP contribution in [0.15, 0.2) is 12.1 Å². The number of carbonyl (C=O) groups excluding carboxylic acids is 2. The first-order valence-corrected chi connectivity index (χ1v) is 6.93. The second kappa shape index (κ2) is 5.46. The van der Waals surface area contributed by atoms with E-state index in [0.717, 1.165) is 15.9 Å². The van der Waals surface area contributed by atoms with E-state index in [0.29, 0.717) is 10.6 Å². The summed E-state index contributed by atoms with van der Waals surface area (Å²) in [6.45, 7) is 3.49. The molecule has 0 spiro atoms. The van der Waals surface area contributed by atoms with Crippen molar-refractivity contribution >= 4 is 39.1 Å². The van der Waals surface area contributed by atoms with Crippen LogP contribution in [0.4, 0.5) is 5.69 Å². The molecule has 7 heteroatoms. The van der Waals surface area contributed by atoms with Crippen LogP contribution in [-0.2, 0) is 4.79 Å². The molecule has 0 saturated heterocycles. The predicted octanol–water partition coefficient (Wildman–Crippen LogP) is 1.05. The summed E-state index contributed by atoms with van der Waals surface area (Å²) >= 11 is 1.23. The van der Waals surface area contributed by atoms with Crippen LogP contribution in [0.25, 0.3) is 10.2 Å². The number of pyridine rings is 1. The summed E-state index contributed by atoms with van der Waals surface area (Å²) in [6.07, 6.45) is 0. The third-order valence-electron chi connectivity index (χ3n) is 2.93. The highest BCUT2D eigenvalue weighted by Gasteiger charge is 2.20. The molecular formula is C13H16N4O2S. The summed E-state index contributed by atoms with van der Waals surface area (Å²) in [4.78, 5) is 29.0. The van der Waals surface area contributed by atoms with Crippen LogP contribution in [-0.4, -0.2) is 29.9 Å². The normalized spacial score (nSPS) is 12.2. The minimum atomic E-state index is -0.619. The average molecular weight is 292 g/mol. The van der Waals surface area contributed by atoms with E-state index in [1.165, 1.54) is 18.4 Å². The molecule has 1 unspecified atom stereocenters. The van der Waals surface area contributed by atoms with Crippen LogP contribution in [0.5, 0.6) is 0 Å². The molecule has 2 aromatic heterocycles. The van der Waals surface area contributed by atoms with Gasteiger partial charge in [0.05, 0.1) is 5.69 Å². The number of fused-ring (bicyclic) bond motifs is 1. The molecule has 4 N–H and O–H groups in total. The molecule has 2 heterocycles. The molecule has 2 amide bonds. The van der Waals surface area contributed by atoms with Crippen LogP contribution in [0.3, 0.4) is 0 Å². The second-order valence-corrected chi connectivity index (χ2v) is 5.46. The Kier molecular flexibility index (Phi) is 3.89. The lowest BCUT2D eigenvalue weighted by Crippen LogP contribution is -2.43. The minimum absolute atomic E-state index is 0.257. The molecule has 0 aliphatic carbocycles. The number of aromatic nitrogens is 1. The summed E-state index contributed by atoms with van der Waals surface area (Å²) in [5.74, 6) is -0.619. The van der Waals surface area contributed by atoms with E-state index < -0.39 is 6.04 Å². The number of likely N-dealkylation sites (N-methyl/N-ethyl adjacent to an activating group) is 1. The fourth-order valence-electron chi connectivity index (χ4n) is 1.80. The number of hydrogen-bond acceptors (Lipinski definition) is 5. The molecule has 0 aliphatic heterocycles. The van der Waals surface area contributed by atoms with Crippen molar-refractivity contribution < 1.29 is 9.59 Å². The van der Waals surface area contributed by atoms with Crippen molar-refractivity contribution in [3.8, 4) is 0 Å². The van der Waals surface area contributed by atoms with Crippen molar-refractivity contribution in [3.05, 3.63) is 22.7 Å². The van der Waals surface area contributed by atoms with Gasteiger partial charge in [-0.05, 0) is 26.0 Å². The zero-order valence-electron chi connectivity index (χ0n) is 11.5. The number of anilines is 1. The van der Waals surface area contributed by atoms with Gasteiger partial charge in [0.2, 0.25) is 5.91 Å². The zero-order chi connectivity index (χ0) is 14.9. The Balaban J connectivity index is 2.31. The molecular weight excluding hydrogens is 276 g/mol. The molecule has 0 fully saturated rings. The van der Waals surface area contributed by atoms with Crippen molar-refractivity contribution in [2.45, 2.75) is 19.9 Å². The number of nitrogens with one attached hydrogen (secondary N) is 2. The number of hydrogen-bond donors (Lipinski definition) is 3. The Morgan fingerprint density at radius 1 is 1.40 bits per heavy atom. The maximum atomic E-state index is 12.2. The Morgan fingerprint density at radius 2 is 2.10 bits per heavy atom. The number of amides is 2. The quantitative estimate of drug-likeness (QED) is 0.787. The van der Waals surface area contributed by atoms with Gasteiger partial charge in [0.15, 0.2) is 0 Å². The van der Waals surface area contributed by atoms with Crippen LogP contribution in [0.1, 0.15) is 22.3 Å². The first kappa shape index (κ1) is 14.3. The SMILES string of the molecule is CNC(=O)C(C)NC(=O)c1sc2nc(C)ccc2c1N. The molecule has 20 heavy (non-hydrogen) atoms. The molecule has 0 aliphatic rings. The first-order valence-electron chi connectivity index (χ1n) is 6.12. The van der Waals surface area contributed by atoms with Crippen LogP contribution >= 0.6 is 11.3 Å². The van der Waals surface area contributed by atoms with Gasteiger partial charge in [-0.1, -0.05) is 0 Å². The summed E-state index contributed by atoms with van der Waals surface area (Å²) in [6, 6.07) is 3.08. The van der Waals surface area contributed by atoms with Crippen molar-refractivity contribution in [2.24, 2.45) is 0 Å². The van der Waals surface area contributed by atoms with Gasteiger partial charge in [0, 0.05) is 18.1 Å². The maximum absolute atomic E-state index is 12.2. The van der Waals surface area contributed by atoms with Gasteiger partial charge in [-0.25, -0.2) is 4.98 Å². The molecule has 0 saturated carbocycles. The van der Waals surface area contributed by atoms with E-state index >= 15 is 0 Å². The van der Waals surface area contributed by atoms with E-state index in [2.05, 4.69) is 15.6 Å². The monoisotopic (exact) mass is 292 g/mol. The van der Waals surface area contributed by atoms with Crippen molar-refractivity contribution in [3.63, 3.8) is 0 Å². The maximum Gasteiger partial charge on any atom is 0.264 e. The Labute approximate surface area is 120 Å². The number of nitrogens with zero attached hydrogens (tertiary/aromatic N) is 1. The van der Waals surface area contributed by atoms with Crippen LogP contribution < -0.4 is 16.4 Å². The van der Waals surface area contributed by atoms with Gasteiger partial charge in [-0.15, -0.1) is 11.3 Å². The van der Waals surface area contributed by atoms with Crippen LogP contribution in [0, 0.1) is 6.92 Å². The van der Waals surface area contributed by atoms with Crippen molar-refractivity contribution in [1.82, 2.24) is 15.6 Å². The lowest BCUT2D eigenvalue weighted by Gasteiger charge is -2.11. The number of rotatable bonds is 3. The summed E-state index contributed by atoms with van der Waals surface area (Å²) in [5.41, 5.74) is 7.25. The summed E-state index contributed by atoms with van der Waals surface area (Å²) in [7, 11) is 1.52. The van der Waals surface area contributed by atoms with Gasteiger partial charge >= 0.3 is 0 Å². The number of aryl methyl sites for hydroxylation is 1. The van der Waals surface area contributed by atoms with E-state index in [4.69, 9.17) is 5.73 Å². The molecule has 0 radical (unpaired) electrons. The lowest BCUT2D eigenvalue weighted by atomic mass is 10.2. The molecule has 2 aromatic rings. The van der Waals surface area contributed by atoms with Gasteiger partial charge in [-0.3, -0.25) is 9.59 Å². The highest BCUT2D eigenvalue weighted by atomic mass is 32.1. The standard InChI is InChI=1S/C13H16N4O2S/c1-6-4-5-8-9(14)10(20-13(8)16-6)12(19)17-7(2)11(18)15-3/h4-5,7H,14H2,1-3H3,(H,15,18)(H,17,19). The van der Waals surface area contributed by atoms with Crippen molar-refractivity contribution in [2.75, 3.05) is 12.8 Å². The molecule has 6 nitrogen and oxygen atoms in total. The van der Waals surface area contributed by atoms with Gasteiger partial charge in [0.1, 0.15) is 15.7 Å². The molecule has 0 bridgehead atoms. The highest BCUT2D eigenvalue weighted by molar-refractivity contribution is 7.21. The van der Waals surface area contributed by atoms with E-state index in [1.54, 1.807) is 6.92 Å². The summed E-state index contributed by atoms with van der Waals surface area (Å²) < 4.78 is 0. The number of nitrogens with two attached hydrogens (primary N) is 1. The number of thiophene rings is 1. The number of nitrogen functional groups attached to an aromatic ring is 1. The third-order valence-corrected chi connectivity index (χ3v) is 4.04. The topological polar surface area (TPSA) is 97.1 Å². The van der Waals surface area contributed by atoms with E-state index in [1.807, 2.05) is 19.1 Å². The number of carbonyl (C=O) groups is 2. The first-order chi connectivity index (χ1) is 9.43. The van der Waals surface area contributed by atoms with Crippen molar-refractivity contribution in [1.29, 1.82) is 0 Å². The fourth-order valence-corrected chi connectivity index (χ4v) is 2.85. The second-order valence-electron chi connectivity index (χ2n) is 4.46.